The number of hydrogen-bond acceptors (Lipinski definition) is 3. The molecular formula is C13H26O3Si. The Morgan fingerprint density at radius 1 is 0.941 bits per heavy atom. The Hall–Kier alpha value is 0.0969. The van der Waals surface area contributed by atoms with Gasteiger partial charge < -0.3 is 13.3 Å². The number of rotatable bonds is 7. The Morgan fingerprint density at radius 3 is 2.00 bits per heavy atom. The second kappa shape index (κ2) is 5.82. The van der Waals surface area contributed by atoms with Crippen molar-refractivity contribution in [3.8, 4) is 0 Å². The normalized spacial score (nSPS) is 32.3. The second-order valence-corrected chi connectivity index (χ2v) is 7.91. The van der Waals surface area contributed by atoms with E-state index >= 15 is 0 Å². The lowest BCUT2D eigenvalue weighted by molar-refractivity contribution is 0.0258. The average molecular weight is 258 g/mol. The van der Waals surface area contributed by atoms with E-state index in [0.717, 1.165) is 11.8 Å². The van der Waals surface area contributed by atoms with Crippen molar-refractivity contribution in [3.05, 3.63) is 0 Å². The Bertz CT molecular complexity index is 230. The van der Waals surface area contributed by atoms with Gasteiger partial charge >= 0.3 is 8.80 Å². The third kappa shape index (κ3) is 2.45. The first-order chi connectivity index (χ1) is 8.27. The minimum Gasteiger partial charge on any atom is -0.374 e. The van der Waals surface area contributed by atoms with Crippen LogP contribution in [0.25, 0.3) is 0 Å². The molecule has 3 unspecified atom stereocenters. The second-order valence-electron chi connectivity index (χ2n) is 5.10. The molecule has 17 heavy (non-hydrogen) atoms. The molecule has 0 N–H and O–H groups in total. The lowest BCUT2D eigenvalue weighted by Crippen LogP contribution is -2.57. The third-order valence-corrected chi connectivity index (χ3v) is 7.93. The van der Waals surface area contributed by atoms with Crippen LogP contribution in [0.3, 0.4) is 0 Å². The van der Waals surface area contributed by atoms with Gasteiger partial charge in [-0.2, -0.15) is 0 Å². The maximum Gasteiger partial charge on any atom is 0.504 e. The fraction of sp³-hybridized carbons (Fsp3) is 1.00. The summed E-state index contributed by atoms with van der Waals surface area (Å²) in [5.41, 5.74) is 0.579. The molecule has 0 spiro atoms. The van der Waals surface area contributed by atoms with Gasteiger partial charge in [0.15, 0.2) is 0 Å². The summed E-state index contributed by atoms with van der Waals surface area (Å²) in [5.74, 6) is 1.76. The van der Waals surface area contributed by atoms with Gasteiger partial charge in [-0.25, -0.2) is 0 Å². The number of fused-ring (bicyclic) bond motifs is 1. The van der Waals surface area contributed by atoms with Crippen molar-refractivity contribution in [3.63, 3.8) is 0 Å². The van der Waals surface area contributed by atoms with Crippen LogP contribution in [0.5, 0.6) is 0 Å². The summed E-state index contributed by atoms with van der Waals surface area (Å²) in [4.78, 5) is 0. The highest BCUT2D eigenvalue weighted by molar-refractivity contribution is 6.62. The smallest absolute Gasteiger partial charge is 0.374 e. The Labute approximate surface area is 106 Å². The zero-order chi connectivity index (χ0) is 12.3. The van der Waals surface area contributed by atoms with Gasteiger partial charge in [0.2, 0.25) is 0 Å². The van der Waals surface area contributed by atoms with Gasteiger partial charge in [0.1, 0.15) is 0 Å². The van der Waals surface area contributed by atoms with Crippen LogP contribution in [0.1, 0.15) is 46.5 Å². The minimum atomic E-state index is -2.40. The molecule has 0 aromatic heterocycles. The van der Waals surface area contributed by atoms with E-state index in [9.17, 15) is 0 Å². The molecular weight excluding hydrogens is 232 g/mol. The molecule has 2 rings (SSSR count). The van der Waals surface area contributed by atoms with Crippen molar-refractivity contribution < 1.29 is 13.3 Å². The minimum absolute atomic E-state index is 0.579. The standard InChI is InChI=1S/C13H26O3Si/c1-4-14-17(15-5-2,16-6-3)13-10-11-8-7-9-12(11)13/h11-13H,4-10H2,1-3H3. The summed E-state index contributed by atoms with van der Waals surface area (Å²) in [6, 6.07) is 0. The van der Waals surface area contributed by atoms with E-state index in [4.69, 9.17) is 13.3 Å². The van der Waals surface area contributed by atoms with E-state index in [1.807, 2.05) is 20.8 Å². The molecule has 2 aliphatic rings. The van der Waals surface area contributed by atoms with Crippen molar-refractivity contribution in [1.82, 2.24) is 0 Å². The van der Waals surface area contributed by atoms with Crippen molar-refractivity contribution in [1.29, 1.82) is 0 Å². The zero-order valence-electron chi connectivity index (χ0n) is 11.4. The summed E-state index contributed by atoms with van der Waals surface area (Å²) in [5, 5.41) is 0. The summed E-state index contributed by atoms with van der Waals surface area (Å²) >= 11 is 0. The third-order valence-electron chi connectivity index (χ3n) is 4.28. The highest BCUT2D eigenvalue weighted by Crippen LogP contribution is 2.58. The molecule has 2 saturated carbocycles. The van der Waals surface area contributed by atoms with Crippen LogP contribution < -0.4 is 0 Å². The lowest BCUT2D eigenvalue weighted by atomic mass is 9.76. The van der Waals surface area contributed by atoms with Crippen LogP contribution in [-0.2, 0) is 13.3 Å². The maximum atomic E-state index is 6.02. The van der Waals surface area contributed by atoms with E-state index in [-0.39, 0.29) is 0 Å². The van der Waals surface area contributed by atoms with Gasteiger partial charge in [-0.15, -0.1) is 0 Å². The monoisotopic (exact) mass is 258 g/mol. The Kier molecular flexibility index (Phi) is 4.63. The fourth-order valence-corrected chi connectivity index (χ4v) is 7.30. The molecule has 0 aliphatic heterocycles. The van der Waals surface area contributed by atoms with Gasteiger partial charge in [0.25, 0.3) is 0 Å². The quantitative estimate of drug-likeness (QED) is 0.656. The van der Waals surface area contributed by atoms with Gasteiger partial charge in [0, 0.05) is 25.4 Å². The molecule has 0 radical (unpaired) electrons. The van der Waals surface area contributed by atoms with Crippen molar-refractivity contribution in [2.45, 2.75) is 52.0 Å². The molecule has 4 heteroatoms. The summed E-state index contributed by atoms with van der Waals surface area (Å²) < 4.78 is 18.1. The van der Waals surface area contributed by atoms with Crippen molar-refractivity contribution in [2.24, 2.45) is 11.8 Å². The molecule has 0 amide bonds. The first kappa shape index (κ1) is 13.5. The molecule has 2 aliphatic carbocycles. The molecule has 100 valence electrons. The van der Waals surface area contributed by atoms with Crippen LogP contribution in [0, 0.1) is 11.8 Å². The van der Waals surface area contributed by atoms with Crippen LogP contribution >= 0.6 is 0 Å². The molecule has 0 aromatic carbocycles. The van der Waals surface area contributed by atoms with Crippen LogP contribution in [0.15, 0.2) is 0 Å². The van der Waals surface area contributed by atoms with Crippen molar-refractivity contribution >= 4 is 8.80 Å². The largest absolute Gasteiger partial charge is 0.504 e. The van der Waals surface area contributed by atoms with E-state index in [0.29, 0.717) is 25.4 Å². The first-order valence-electron chi connectivity index (χ1n) is 7.19. The topological polar surface area (TPSA) is 27.7 Å². The van der Waals surface area contributed by atoms with Gasteiger partial charge in [-0.05, 0) is 45.4 Å². The lowest BCUT2D eigenvalue weighted by Gasteiger charge is -2.47. The van der Waals surface area contributed by atoms with Crippen LogP contribution in [0.4, 0.5) is 0 Å². The average Bonchev–Trinajstić information content (AvgIpc) is 2.61. The molecule has 3 atom stereocenters. The molecule has 0 bridgehead atoms. The van der Waals surface area contributed by atoms with E-state index in [1.54, 1.807) is 0 Å². The van der Waals surface area contributed by atoms with Gasteiger partial charge in [0.05, 0.1) is 0 Å². The highest BCUT2D eigenvalue weighted by Gasteiger charge is 2.60. The molecule has 2 fully saturated rings. The fourth-order valence-electron chi connectivity index (χ4n) is 3.65. The summed E-state index contributed by atoms with van der Waals surface area (Å²) in [6.45, 7) is 8.26. The predicted molar refractivity (Wildman–Crippen MR) is 69.8 cm³/mol. The molecule has 3 nitrogen and oxygen atoms in total. The molecule has 0 saturated heterocycles. The van der Waals surface area contributed by atoms with E-state index < -0.39 is 8.80 Å². The Balaban J connectivity index is 2.07. The molecule has 0 aromatic rings. The highest BCUT2D eigenvalue weighted by atomic mass is 28.4. The Morgan fingerprint density at radius 2 is 1.53 bits per heavy atom. The van der Waals surface area contributed by atoms with E-state index in [1.165, 1.54) is 25.7 Å². The van der Waals surface area contributed by atoms with E-state index in [2.05, 4.69) is 0 Å². The number of hydrogen-bond donors (Lipinski definition) is 0. The maximum absolute atomic E-state index is 6.02. The van der Waals surface area contributed by atoms with Gasteiger partial charge in [-0.3, -0.25) is 0 Å². The predicted octanol–water partition coefficient (Wildman–Crippen LogP) is 3.23. The summed E-state index contributed by atoms with van der Waals surface area (Å²) in [7, 11) is -2.40. The van der Waals surface area contributed by atoms with Gasteiger partial charge in [-0.1, -0.05) is 12.8 Å². The summed E-state index contributed by atoms with van der Waals surface area (Å²) in [6.07, 6.45) is 5.44. The molecule has 0 heterocycles. The SMILES string of the molecule is CCO[Si](OCC)(OCC)C1CC2CCCC21. The van der Waals surface area contributed by atoms with Crippen molar-refractivity contribution in [2.75, 3.05) is 19.8 Å². The van der Waals surface area contributed by atoms with Crippen LogP contribution in [-0.4, -0.2) is 28.6 Å². The zero-order valence-corrected chi connectivity index (χ0v) is 12.4. The first-order valence-corrected chi connectivity index (χ1v) is 8.99. The van der Waals surface area contributed by atoms with Crippen LogP contribution in [0.2, 0.25) is 5.54 Å².